The maximum atomic E-state index is 14.3. The summed E-state index contributed by atoms with van der Waals surface area (Å²) in [6.07, 6.45) is 4.87. The minimum atomic E-state index is -3.84. The number of amides is 2. The van der Waals surface area contributed by atoms with Crippen LogP contribution in [0.3, 0.4) is 0 Å². The van der Waals surface area contributed by atoms with Crippen LogP contribution < -0.4 is 14.9 Å². The molecule has 2 amide bonds. The van der Waals surface area contributed by atoms with Gasteiger partial charge in [-0.1, -0.05) is 49.6 Å². The summed E-state index contributed by atoms with van der Waals surface area (Å²) < 4.78 is 42.9. The predicted octanol–water partition coefficient (Wildman–Crippen LogP) is 3.20. The number of rotatable bonds is 9. The molecule has 1 aliphatic heterocycles. The highest BCUT2D eigenvalue weighted by atomic mass is 32.2. The van der Waals surface area contributed by atoms with Crippen molar-refractivity contribution in [1.29, 1.82) is 0 Å². The summed E-state index contributed by atoms with van der Waals surface area (Å²) in [5.41, 5.74) is 1.55. The number of carbonyl (C=O) groups excluding carboxylic acids is 2. The van der Waals surface area contributed by atoms with Crippen molar-refractivity contribution in [2.75, 3.05) is 18.0 Å². The fourth-order valence-corrected chi connectivity index (χ4v) is 6.11. The summed E-state index contributed by atoms with van der Waals surface area (Å²) >= 11 is 0. The monoisotopic (exact) mass is 516 g/mol. The van der Waals surface area contributed by atoms with Crippen molar-refractivity contribution in [3.63, 3.8) is 0 Å². The molecular weight excluding hydrogens is 483 g/mol. The molecule has 1 heterocycles. The molecule has 0 radical (unpaired) electrons. The van der Waals surface area contributed by atoms with Gasteiger partial charge in [-0.25, -0.2) is 4.39 Å². The minimum absolute atomic E-state index is 0.00936. The molecule has 10 heteroatoms. The van der Waals surface area contributed by atoms with E-state index >= 15 is 0 Å². The number of carbonyl (C=O) groups is 2. The standard InChI is InChI=1S/C26H33FN4O4S/c1-18-9-6-7-14-23(18)25(26(33)29-21-11-4-3-5-12-21)31(22-13-8-10-20(27)15-22)24(32)16-28-36(34,35)30-17-19(30)2/h6-10,13-15,19,21,25,28H,3-5,11-12,16-17H2,1-2H3,(H,29,33)/t19-,25-,30?/m0/s1. The molecule has 8 nitrogen and oxygen atoms in total. The Bertz CT molecular complexity index is 1220. The largest absolute Gasteiger partial charge is 0.351 e. The van der Waals surface area contributed by atoms with Gasteiger partial charge in [0, 0.05) is 24.3 Å². The number of nitrogens with one attached hydrogen (secondary N) is 2. The molecule has 0 spiro atoms. The lowest BCUT2D eigenvalue weighted by molar-refractivity contribution is -0.127. The molecule has 2 fully saturated rings. The molecule has 194 valence electrons. The summed E-state index contributed by atoms with van der Waals surface area (Å²) in [7, 11) is -3.84. The normalized spacial score (nSPS) is 21.0. The molecule has 0 aromatic heterocycles. The second kappa shape index (κ2) is 11.1. The maximum absolute atomic E-state index is 14.3. The number of anilines is 1. The Morgan fingerprint density at radius 3 is 2.44 bits per heavy atom. The Kier molecular flexibility index (Phi) is 8.07. The van der Waals surface area contributed by atoms with Crippen LogP contribution >= 0.6 is 0 Å². The average molecular weight is 517 g/mol. The van der Waals surface area contributed by atoms with Crippen LogP contribution in [-0.4, -0.2) is 49.7 Å². The topological polar surface area (TPSA) is 98.6 Å². The third kappa shape index (κ3) is 6.11. The Labute approximate surface area is 212 Å². The molecule has 2 aliphatic rings. The van der Waals surface area contributed by atoms with Gasteiger partial charge in [-0.2, -0.15) is 17.4 Å². The number of benzene rings is 2. The molecule has 1 unspecified atom stereocenters. The number of halogens is 1. The SMILES string of the molecule is Cc1ccccc1[C@@H](C(=O)NC1CCCCC1)N(C(=O)CNS(=O)(=O)N1C[C@@H]1C)c1cccc(F)c1. The number of hydrogen-bond acceptors (Lipinski definition) is 4. The van der Waals surface area contributed by atoms with E-state index in [9.17, 15) is 22.4 Å². The molecule has 4 rings (SSSR count). The first-order chi connectivity index (χ1) is 17.2. The van der Waals surface area contributed by atoms with Crippen LogP contribution in [0.15, 0.2) is 48.5 Å². The molecule has 3 atom stereocenters. The first-order valence-electron chi connectivity index (χ1n) is 12.4. The summed E-state index contributed by atoms with van der Waals surface area (Å²) in [6.45, 7) is 3.42. The van der Waals surface area contributed by atoms with E-state index in [4.69, 9.17) is 0 Å². The van der Waals surface area contributed by atoms with Crippen LogP contribution in [-0.2, 0) is 19.8 Å². The lowest BCUT2D eigenvalue weighted by Crippen LogP contribution is -2.50. The van der Waals surface area contributed by atoms with E-state index in [0.29, 0.717) is 12.1 Å². The first-order valence-corrected chi connectivity index (χ1v) is 13.8. The van der Waals surface area contributed by atoms with E-state index in [1.807, 2.05) is 19.1 Å². The molecular formula is C26H33FN4O4S. The second-order valence-electron chi connectivity index (χ2n) is 9.59. The number of hydrogen-bond donors (Lipinski definition) is 2. The smallest absolute Gasteiger partial charge is 0.280 e. The van der Waals surface area contributed by atoms with E-state index in [2.05, 4.69) is 10.0 Å². The second-order valence-corrected chi connectivity index (χ2v) is 11.3. The van der Waals surface area contributed by atoms with Crippen LogP contribution in [0, 0.1) is 12.7 Å². The van der Waals surface area contributed by atoms with Crippen molar-refractivity contribution >= 4 is 27.7 Å². The van der Waals surface area contributed by atoms with Gasteiger partial charge >= 0.3 is 0 Å². The Hall–Kier alpha value is -2.82. The summed E-state index contributed by atoms with van der Waals surface area (Å²) in [6, 6.07) is 11.4. The van der Waals surface area contributed by atoms with Crippen molar-refractivity contribution in [1.82, 2.24) is 14.3 Å². The van der Waals surface area contributed by atoms with E-state index in [0.717, 1.165) is 37.7 Å². The van der Waals surface area contributed by atoms with Crippen molar-refractivity contribution in [2.45, 2.75) is 64.1 Å². The number of aryl methyl sites for hydroxylation is 1. The quantitative estimate of drug-likeness (QED) is 0.500. The lowest BCUT2D eigenvalue weighted by atomic mass is 9.93. The van der Waals surface area contributed by atoms with Crippen molar-refractivity contribution < 1.29 is 22.4 Å². The molecule has 36 heavy (non-hydrogen) atoms. The van der Waals surface area contributed by atoms with E-state index < -0.39 is 34.5 Å². The predicted molar refractivity (Wildman–Crippen MR) is 136 cm³/mol. The first kappa shape index (κ1) is 26.2. The summed E-state index contributed by atoms with van der Waals surface area (Å²) in [5, 5.41) is 3.10. The Morgan fingerprint density at radius 1 is 1.11 bits per heavy atom. The molecule has 0 bridgehead atoms. The van der Waals surface area contributed by atoms with Crippen molar-refractivity contribution in [3.8, 4) is 0 Å². The molecule has 2 aromatic carbocycles. The van der Waals surface area contributed by atoms with Gasteiger partial charge in [-0.15, -0.1) is 0 Å². The zero-order valence-electron chi connectivity index (χ0n) is 20.6. The highest BCUT2D eigenvalue weighted by Gasteiger charge is 2.41. The molecule has 2 N–H and O–H groups in total. The highest BCUT2D eigenvalue weighted by molar-refractivity contribution is 7.87. The summed E-state index contributed by atoms with van der Waals surface area (Å²) in [4.78, 5) is 28.6. The fourth-order valence-electron chi connectivity index (χ4n) is 4.75. The average Bonchev–Trinajstić information content (AvgIpc) is 3.60. The van der Waals surface area contributed by atoms with Gasteiger partial charge in [0.05, 0.1) is 6.54 Å². The number of nitrogens with zero attached hydrogens (tertiary/aromatic N) is 2. The van der Waals surface area contributed by atoms with Gasteiger partial charge < -0.3 is 5.32 Å². The van der Waals surface area contributed by atoms with Crippen LogP contribution in [0.25, 0.3) is 0 Å². The van der Waals surface area contributed by atoms with Crippen LogP contribution in [0.1, 0.15) is 56.2 Å². The van der Waals surface area contributed by atoms with Crippen molar-refractivity contribution in [3.05, 3.63) is 65.5 Å². The Balaban J connectivity index is 1.70. The molecule has 1 saturated heterocycles. The lowest BCUT2D eigenvalue weighted by Gasteiger charge is -2.34. The third-order valence-electron chi connectivity index (χ3n) is 6.81. The van der Waals surface area contributed by atoms with Gasteiger partial charge in [0.15, 0.2) is 0 Å². The van der Waals surface area contributed by atoms with Crippen LogP contribution in [0.2, 0.25) is 0 Å². The van der Waals surface area contributed by atoms with Gasteiger partial charge in [-0.3, -0.25) is 14.5 Å². The van der Waals surface area contributed by atoms with Gasteiger partial charge in [-0.05, 0) is 56.0 Å². The van der Waals surface area contributed by atoms with E-state index in [1.54, 1.807) is 25.1 Å². The molecule has 1 aliphatic carbocycles. The third-order valence-corrected chi connectivity index (χ3v) is 8.45. The fraction of sp³-hybridized carbons (Fsp3) is 0.462. The highest BCUT2D eigenvalue weighted by Crippen LogP contribution is 2.31. The van der Waals surface area contributed by atoms with Gasteiger partial charge in [0.2, 0.25) is 11.8 Å². The van der Waals surface area contributed by atoms with E-state index in [-0.39, 0.29) is 23.7 Å². The molecule has 2 aromatic rings. The zero-order valence-corrected chi connectivity index (χ0v) is 21.4. The van der Waals surface area contributed by atoms with Crippen LogP contribution in [0.4, 0.5) is 10.1 Å². The van der Waals surface area contributed by atoms with E-state index in [1.165, 1.54) is 27.4 Å². The summed E-state index contributed by atoms with van der Waals surface area (Å²) in [5.74, 6) is -1.61. The molecule has 1 saturated carbocycles. The maximum Gasteiger partial charge on any atom is 0.280 e. The Morgan fingerprint density at radius 2 is 1.81 bits per heavy atom. The minimum Gasteiger partial charge on any atom is -0.351 e. The van der Waals surface area contributed by atoms with Gasteiger partial charge in [0.25, 0.3) is 10.2 Å². The van der Waals surface area contributed by atoms with Crippen LogP contribution in [0.5, 0.6) is 0 Å². The van der Waals surface area contributed by atoms with Gasteiger partial charge in [0.1, 0.15) is 11.9 Å². The zero-order chi connectivity index (χ0) is 25.9. The van der Waals surface area contributed by atoms with Crippen molar-refractivity contribution in [2.24, 2.45) is 0 Å².